The maximum absolute atomic E-state index is 6.07. The molecule has 1 aliphatic rings. The van der Waals surface area contributed by atoms with Crippen LogP contribution in [0.1, 0.15) is 44.1 Å². The van der Waals surface area contributed by atoms with Gasteiger partial charge in [-0.1, -0.05) is 18.9 Å². The van der Waals surface area contributed by atoms with E-state index in [1.165, 1.54) is 44.1 Å². The molecule has 0 spiro atoms. The van der Waals surface area contributed by atoms with Gasteiger partial charge in [0, 0.05) is 11.8 Å². The third-order valence-corrected chi connectivity index (χ3v) is 3.31. The first kappa shape index (κ1) is 11.3. The third kappa shape index (κ3) is 2.91. The van der Waals surface area contributed by atoms with Crippen molar-refractivity contribution in [1.29, 1.82) is 0 Å². The van der Waals surface area contributed by atoms with Gasteiger partial charge in [0.2, 0.25) is 0 Å². The molecule has 0 bridgehead atoms. The average molecular weight is 219 g/mol. The van der Waals surface area contributed by atoms with Crippen molar-refractivity contribution in [1.82, 2.24) is 0 Å². The Hall–Kier alpha value is -1.18. The lowest BCUT2D eigenvalue weighted by molar-refractivity contribution is 0.182. The number of aryl methyl sites for hydroxylation is 1. The second kappa shape index (κ2) is 5.24. The molecule has 1 aromatic rings. The average Bonchev–Trinajstić information content (AvgIpc) is 2.52. The summed E-state index contributed by atoms with van der Waals surface area (Å²) in [4.78, 5) is 0. The highest BCUT2D eigenvalue weighted by Gasteiger charge is 2.14. The first-order valence-electron chi connectivity index (χ1n) is 6.28. The molecule has 0 radical (unpaired) electrons. The van der Waals surface area contributed by atoms with Gasteiger partial charge in [0.1, 0.15) is 5.75 Å². The number of nitrogens with two attached hydrogens (primary N) is 1. The summed E-state index contributed by atoms with van der Waals surface area (Å²) in [5.41, 5.74) is 7.75. The van der Waals surface area contributed by atoms with Crippen molar-refractivity contribution < 1.29 is 4.74 Å². The normalized spacial score (nSPS) is 18.1. The minimum Gasteiger partial charge on any atom is -0.490 e. The maximum atomic E-state index is 6.07. The van der Waals surface area contributed by atoms with E-state index in [-0.39, 0.29) is 0 Å². The van der Waals surface area contributed by atoms with Gasteiger partial charge in [-0.25, -0.2) is 0 Å². The van der Waals surface area contributed by atoms with Crippen LogP contribution in [-0.2, 0) is 0 Å². The predicted octanol–water partition coefficient (Wildman–Crippen LogP) is 3.68. The van der Waals surface area contributed by atoms with E-state index in [4.69, 9.17) is 10.5 Å². The number of nitrogen functional groups attached to an aromatic ring is 1. The number of benzene rings is 1. The Kier molecular flexibility index (Phi) is 3.70. The molecule has 2 heteroatoms. The Labute approximate surface area is 97.8 Å². The molecule has 0 atom stereocenters. The molecular formula is C14H21NO. The molecule has 0 aliphatic heterocycles. The fraction of sp³-hybridized carbons (Fsp3) is 0.571. The van der Waals surface area contributed by atoms with Gasteiger partial charge in [-0.15, -0.1) is 0 Å². The van der Waals surface area contributed by atoms with Crippen LogP contribution in [0.3, 0.4) is 0 Å². The SMILES string of the molecule is Cc1ccc(N)cc1OC1CCCCCC1. The van der Waals surface area contributed by atoms with Gasteiger partial charge in [-0.3, -0.25) is 0 Å². The van der Waals surface area contributed by atoms with Crippen LogP contribution in [0.2, 0.25) is 0 Å². The number of hydrogen-bond donors (Lipinski definition) is 1. The molecule has 16 heavy (non-hydrogen) atoms. The van der Waals surface area contributed by atoms with E-state index >= 15 is 0 Å². The van der Waals surface area contributed by atoms with Crippen LogP contribution in [-0.4, -0.2) is 6.10 Å². The molecule has 1 aliphatic carbocycles. The topological polar surface area (TPSA) is 35.2 Å². The lowest BCUT2D eigenvalue weighted by Crippen LogP contribution is -2.15. The van der Waals surface area contributed by atoms with Crippen molar-refractivity contribution in [3.05, 3.63) is 23.8 Å². The van der Waals surface area contributed by atoms with Crippen molar-refractivity contribution in [2.24, 2.45) is 0 Å². The molecule has 88 valence electrons. The summed E-state index contributed by atoms with van der Waals surface area (Å²) in [6, 6.07) is 5.90. The molecule has 2 N–H and O–H groups in total. The molecule has 0 amide bonds. The summed E-state index contributed by atoms with van der Waals surface area (Å²) in [5, 5.41) is 0. The Morgan fingerprint density at radius 1 is 1.12 bits per heavy atom. The summed E-state index contributed by atoms with van der Waals surface area (Å²) in [6.45, 7) is 2.07. The van der Waals surface area contributed by atoms with Gasteiger partial charge in [-0.05, 0) is 44.2 Å². The van der Waals surface area contributed by atoms with Gasteiger partial charge < -0.3 is 10.5 Å². The molecule has 2 nitrogen and oxygen atoms in total. The molecule has 1 saturated carbocycles. The number of rotatable bonds is 2. The Morgan fingerprint density at radius 2 is 1.81 bits per heavy atom. The lowest BCUT2D eigenvalue weighted by Gasteiger charge is -2.18. The zero-order valence-corrected chi connectivity index (χ0v) is 10.0. The first-order valence-corrected chi connectivity index (χ1v) is 6.28. The van der Waals surface area contributed by atoms with E-state index < -0.39 is 0 Å². The van der Waals surface area contributed by atoms with Crippen LogP contribution in [0.5, 0.6) is 5.75 Å². The zero-order chi connectivity index (χ0) is 11.4. The van der Waals surface area contributed by atoms with Crippen molar-refractivity contribution >= 4 is 5.69 Å². The van der Waals surface area contributed by atoms with E-state index in [1.807, 2.05) is 18.2 Å². The summed E-state index contributed by atoms with van der Waals surface area (Å²) in [6.07, 6.45) is 8.08. The van der Waals surface area contributed by atoms with Crippen molar-refractivity contribution in [2.45, 2.75) is 51.6 Å². The van der Waals surface area contributed by atoms with Crippen LogP contribution in [0.25, 0.3) is 0 Å². The highest BCUT2D eigenvalue weighted by Crippen LogP contribution is 2.26. The highest BCUT2D eigenvalue weighted by molar-refractivity contribution is 5.48. The van der Waals surface area contributed by atoms with Gasteiger partial charge in [0.05, 0.1) is 6.10 Å². The van der Waals surface area contributed by atoms with Crippen LogP contribution < -0.4 is 10.5 Å². The van der Waals surface area contributed by atoms with Gasteiger partial charge >= 0.3 is 0 Å². The van der Waals surface area contributed by atoms with E-state index in [2.05, 4.69) is 6.92 Å². The standard InChI is InChI=1S/C14H21NO/c1-11-8-9-12(15)10-14(11)16-13-6-4-2-3-5-7-13/h8-10,13H,2-7,15H2,1H3. The summed E-state index contributed by atoms with van der Waals surface area (Å²) in [7, 11) is 0. The quantitative estimate of drug-likeness (QED) is 0.608. The van der Waals surface area contributed by atoms with Crippen molar-refractivity contribution in [2.75, 3.05) is 5.73 Å². The molecule has 0 unspecified atom stereocenters. The maximum Gasteiger partial charge on any atom is 0.124 e. The van der Waals surface area contributed by atoms with Crippen LogP contribution in [0.15, 0.2) is 18.2 Å². The summed E-state index contributed by atoms with van der Waals surface area (Å²) in [5.74, 6) is 0.965. The molecule has 0 saturated heterocycles. The number of ether oxygens (including phenoxy) is 1. The van der Waals surface area contributed by atoms with Gasteiger partial charge in [0.25, 0.3) is 0 Å². The van der Waals surface area contributed by atoms with E-state index in [9.17, 15) is 0 Å². The summed E-state index contributed by atoms with van der Waals surface area (Å²) >= 11 is 0. The van der Waals surface area contributed by atoms with Crippen molar-refractivity contribution in [3.63, 3.8) is 0 Å². The third-order valence-electron chi connectivity index (χ3n) is 3.31. The highest BCUT2D eigenvalue weighted by atomic mass is 16.5. The van der Waals surface area contributed by atoms with E-state index in [0.29, 0.717) is 6.10 Å². The smallest absolute Gasteiger partial charge is 0.124 e. The molecular weight excluding hydrogens is 198 g/mol. The minimum atomic E-state index is 0.392. The second-order valence-electron chi connectivity index (χ2n) is 4.76. The van der Waals surface area contributed by atoms with Crippen LogP contribution in [0.4, 0.5) is 5.69 Å². The number of hydrogen-bond acceptors (Lipinski definition) is 2. The molecule has 0 heterocycles. The van der Waals surface area contributed by atoms with Gasteiger partial charge in [0.15, 0.2) is 0 Å². The van der Waals surface area contributed by atoms with Crippen molar-refractivity contribution in [3.8, 4) is 5.75 Å². The fourth-order valence-corrected chi connectivity index (χ4v) is 2.28. The Bertz CT molecular complexity index is 341. The first-order chi connectivity index (χ1) is 7.75. The molecule has 1 aromatic carbocycles. The Morgan fingerprint density at radius 3 is 2.50 bits per heavy atom. The second-order valence-corrected chi connectivity index (χ2v) is 4.76. The lowest BCUT2D eigenvalue weighted by atomic mass is 10.1. The largest absolute Gasteiger partial charge is 0.490 e. The summed E-state index contributed by atoms with van der Waals surface area (Å²) < 4.78 is 6.07. The molecule has 0 aromatic heterocycles. The minimum absolute atomic E-state index is 0.392. The monoisotopic (exact) mass is 219 g/mol. The van der Waals surface area contributed by atoms with E-state index in [1.54, 1.807) is 0 Å². The van der Waals surface area contributed by atoms with E-state index in [0.717, 1.165) is 11.4 Å². The number of anilines is 1. The fourth-order valence-electron chi connectivity index (χ4n) is 2.28. The van der Waals surface area contributed by atoms with Gasteiger partial charge in [-0.2, -0.15) is 0 Å². The molecule has 2 rings (SSSR count). The molecule has 1 fully saturated rings. The van der Waals surface area contributed by atoms with Crippen LogP contribution >= 0.6 is 0 Å². The van der Waals surface area contributed by atoms with Crippen LogP contribution in [0, 0.1) is 6.92 Å². The predicted molar refractivity (Wildman–Crippen MR) is 67.7 cm³/mol. The zero-order valence-electron chi connectivity index (χ0n) is 10.0. The Balaban J connectivity index is 2.04.